The molecule has 0 amide bonds. The van der Waals surface area contributed by atoms with Crippen LogP contribution in [0.2, 0.25) is 6.82 Å². The molecule has 0 aromatic heterocycles. The van der Waals surface area contributed by atoms with Gasteiger partial charge in [-0.3, -0.25) is 0 Å². The topological polar surface area (TPSA) is 0 Å². The second-order valence-corrected chi connectivity index (χ2v) is 2.01. The van der Waals surface area contributed by atoms with Crippen molar-refractivity contribution in [3.8, 4) is 0 Å². The summed E-state index contributed by atoms with van der Waals surface area (Å²) in [5.41, 5.74) is 0. The highest BCUT2D eigenvalue weighted by atomic mass is 13.1. The standard InChI is InChI=1S/CH3B7/c1-6(7(2)3)8(4)5/h1H3. The highest BCUT2D eigenvalue weighted by Gasteiger charge is 2.15. The zero-order chi connectivity index (χ0) is 6.73. The lowest BCUT2D eigenvalue weighted by atomic mass is 8.73. The molecule has 0 N–H and O–H groups in total. The molecule has 28 valence electrons. The van der Waals surface area contributed by atoms with Gasteiger partial charge in [0.25, 0.3) is 0 Å². The summed E-state index contributed by atoms with van der Waals surface area (Å²) in [6.07, 6.45) is -0.815. The van der Waals surface area contributed by atoms with Crippen molar-refractivity contribution in [3.05, 3.63) is 0 Å². The Kier molecular flexibility index (Phi) is 3.67. The molecule has 0 spiro atoms. The Morgan fingerprint density at radius 3 is 1.12 bits per heavy atom. The van der Waals surface area contributed by atoms with Crippen LogP contribution in [0.25, 0.3) is 0 Å². The van der Waals surface area contributed by atoms with Crippen LogP contribution in [0.4, 0.5) is 0 Å². The Hall–Kier alpha value is 0.455. The molecule has 0 unspecified atom stereocenters. The van der Waals surface area contributed by atoms with Crippen LogP contribution >= 0.6 is 0 Å². The summed E-state index contributed by atoms with van der Waals surface area (Å²) in [6.45, 7) is 1.80. The van der Waals surface area contributed by atoms with Gasteiger partial charge in [0.2, 0.25) is 0 Å². The van der Waals surface area contributed by atoms with Crippen LogP contribution in [-0.2, 0) is 0 Å². The highest BCUT2D eigenvalue weighted by Crippen LogP contribution is 1.81. The van der Waals surface area contributed by atoms with E-state index in [4.69, 9.17) is 30.9 Å². The smallest absolute Gasteiger partial charge is 0.0413 e. The first-order valence-corrected chi connectivity index (χ1v) is 2.58. The molecule has 0 aliphatic heterocycles. The largest absolute Gasteiger partial charge is 0.101 e. The zero-order valence-corrected chi connectivity index (χ0v) is 5.04. The Balaban J connectivity index is 3.46. The summed E-state index contributed by atoms with van der Waals surface area (Å²) < 4.78 is 0. The van der Waals surface area contributed by atoms with E-state index in [1.807, 2.05) is 6.82 Å². The monoisotopic (exact) mass is 92.1 g/mol. The van der Waals surface area contributed by atoms with Crippen molar-refractivity contribution in [2.45, 2.75) is 6.82 Å². The third-order valence-corrected chi connectivity index (χ3v) is 1.21. The number of hydrogen-bond donors (Lipinski definition) is 0. The van der Waals surface area contributed by atoms with Gasteiger partial charge in [0, 0.05) is 50.2 Å². The molecule has 0 fully saturated rings. The predicted octanol–water partition coefficient (Wildman–Crippen LogP) is -2.08. The first kappa shape index (κ1) is 8.45. The molecular weight excluding hydrogens is 87.7 g/mol. The van der Waals surface area contributed by atoms with Crippen LogP contribution in [-0.4, -0.2) is 50.2 Å². The van der Waals surface area contributed by atoms with Crippen molar-refractivity contribution in [2.75, 3.05) is 0 Å². The molecule has 0 aliphatic carbocycles. The molecule has 0 bridgehead atoms. The van der Waals surface area contributed by atoms with Gasteiger partial charge in [-0.05, 0) is 0 Å². The first-order chi connectivity index (χ1) is 3.55. The lowest BCUT2D eigenvalue weighted by Gasteiger charge is -2.13. The molecule has 0 rings (SSSR count). The molecule has 7 heteroatoms. The van der Waals surface area contributed by atoms with Crippen LogP contribution in [0.15, 0.2) is 0 Å². The minimum atomic E-state index is -0.407. The Bertz CT molecular complexity index is 49.4. The maximum absolute atomic E-state index is 5.25. The molecular formula is CH3B7. The van der Waals surface area contributed by atoms with Crippen LogP contribution in [0.5, 0.6) is 0 Å². The van der Waals surface area contributed by atoms with E-state index in [0.717, 1.165) is 0 Å². The maximum Gasteiger partial charge on any atom is 0.0413 e. The predicted molar refractivity (Wildman–Crippen MR) is 46.1 cm³/mol. The second kappa shape index (κ2) is 3.47. The molecule has 0 heterocycles. The molecule has 0 aromatic rings. The first-order valence-electron chi connectivity index (χ1n) is 2.58. The Labute approximate surface area is 57.7 Å². The normalized spacial score (nSPS) is 8.12. The summed E-state index contributed by atoms with van der Waals surface area (Å²) in [4.78, 5) is 0. The van der Waals surface area contributed by atoms with Gasteiger partial charge < -0.3 is 0 Å². The average molecular weight is 90.7 g/mol. The lowest BCUT2D eigenvalue weighted by molar-refractivity contribution is 2.33. The van der Waals surface area contributed by atoms with E-state index in [9.17, 15) is 0 Å². The summed E-state index contributed by atoms with van der Waals surface area (Å²) in [6, 6.07) is 0. The van der Waals surface area contributed by atoms with Crippen LogP contribution < -0.4 is 0 Å². The second-order valence-electron chi connectivity index (χ2n) is 2.01. The van der Waals surface area contributed by atoms with Crippen molar-refractivity contribution in [1.82, 2.24) is 0 Å². The molecule has 0 atom stereocenters. The minimum Gasteiger partial charge on any atom is -0.101 e. The summed E-state index contributed by atoms with van der Waals surface area (Å²) >= 11 is 0. The van der Waals surface area contributed by atoms with E-state index in [-0.39, 0.29) is 6.49 Å². The number of hydrogen-bond acceptors (Lipinski definition) is 0. The Morgan fingerprint density at radius 2 is 1.12 bits per heavy atom. The summed E-state index contributed by atoms with van der Waals surface area (Å²) in [7, 11) is 21.0. The van der Waals surface area contributed by atoms with Gasteiger partial charge in [-0.1, -0.05) is 0 Å². The van der Waals surface area contributed by atoms with E-state index >= 15 is 0 Å². The third-order valence-electron chi connectivity index (χ3n) is 1.21. The van der Waals surface area contributed by atoms with E-state index in [2.05, 4.69) is 0 Å². The minimum absolute atomic E-state index is 0.0185. The quantitative estimate of drug-likeness (QED) is 0.342. The SMILES string of the molecule is [B]B([B])B(C)B([B])[B]. The lowest BCUT2D eigenvalue weighted by Crippen LogP contribution is -2.48. The van der Waals surface area contributed by atoms with E-state index in [1.54, 1.807) is 0 Å². The van der Waals surface area contributed by atoms with Gasteiger partial charge >= 0.3 is 0 Å². The van der Waals surface area contributed by atoms with Crippen LogP contribution in [0, 0.1) is 0 Å². The molecule has 8 heavy (non-hydrogen) atoms. The van der Waals surface area contributed by atoms with Gasteiger partial charge in [-0.25, -0.2) is 0 Å². The molecule has 0 saturated carbocycles. The number of rotatable bonds is 2. The van der Waals surface area contributed by atoms with Crippen molar-refractivity contribution >= 4 is 50.2 Å². The maximum atomic E-state index is 5.25. The van der Waals surface area contributed by atoms with Gasteiger partial charge in [-0.15, -0.1) is 6.82 Å². The van der Waals surface area contributed by atoms with Crippen molar-refractivity contribution in [2.24, 2.45) is 0 Å². The van der Waals surface area contributed by atoms with Gasteiger partial charge in [0.1, 0.15) is 0 Å². The van der Waals surface area contributed by atoms with Gasteiger partial charge in [0.15, 0.2) is 0 Å². The molecule has 0 aliphatic rings. The van der Waals surface area contributed by atoms with E-state index < -0.39 is 12.8 Å². The van der Waals surface area contributed by atoms with Crippen LogP contribution in [0.1, 0.15) is 0 Å². The van der Waals surface area contributed by atoms with Crippen LogP contribution in [0.3, 0.4) is 0 Å². The Morgan fingerprint density at radius 1 is 0.875 bits per heavy atom. The average Bonchev–Trinajstić information content (AvgIpc) is 1.64. The zero-order valence-electron chi connectivity index (χ0n) is 5.04. The summed E-state index contributed by atoms with van der Waals surface area (Å²) in [5.74, 6) is 0. The van der Waals surface area contributed by atoms with Crippen molar-refractivity contribution < 1.29 is 0 Å². The van der Waals surface area contributed by atoms with E-state index in [1.165, 1.54) is 0 Å². The molecule has 0 saturated heterocycles. The molecule has 0 nitrogen and oxygen atoms in total. The van der Waals surface area contributed by atoms with Gasteiger partial charge in [0.05, 0.1) is 0 Å². The third kappa shape index (κ3) is 2.69. The fraction of sp³-hybridized carbons (Fsp3) is 1.00. The van der Waals surface area contributed by atoms with E-state index in [0.29, 0.717) is 0 Å². The molecule has 0 aromatic carbocycles. The fourth-order valence-corrected chi connectivity index (χ4v) is 0.257. The highest BCUT2D eigenvalue weighted by molar-refractivity contribution is 7.81. The summed E-state index contributed by atoms with van der Waals surface area (Å²) in [5, 5.41) is 0. The molecule has 8 radical (unpaired) electrons. The van der Waals surface area contributed by atoms with Crippen molar-refractivity contribution in [1.29, 1.82) is 0 Å². The van der Waals surface area contributed by atoms with Gasteiger partial charge in [-0.2, -0.15) is 0 Å². The van der Waals surface area contributed by atoms with Crippen molar-refractivity contribution in [3.63, 3.8) is 0 Å². The fourth-order valence-electron chi connectivity index (χ4n) is 0.257.